The highest BCUT2D eigenvalue weighted by atomic mass is 19.4. The van der Waals surface area contributed by atoms with Crippen molar-refractivity contribution in [2.24, 2.45) is 7.05 Å². The van der Waals surface area contributed by atoms with Gasteiger partial charge in [-0.05, 0) is 43.5 Å². The molecular weight excluding hydrogens is 455 g/mol. The molecule has 1 aromatic carbocycles. The largest absolute Gasteiger partial charge is 0.573 e. The molecular formula is C22H24F3N5O4. The van der Waals surface area contributed by atoms with E-state index < -0.39 is 6.36 Å². The van der Waals surface area contributed by atoms with Crippen LogP contribution in [0.2, 0.25) is 0 Å². The van der Waals surface area contributed by atoms with Gasteiger partial charge in [-0.3, -0.25) is 4.79 Å². The normalized spacial score (nSPS) is 19.5. The lowest BCUT2D eigenvalue weighted by Crippen LogP contribution is -2.40. The molecule has 2 fully saturated rings. The smallest absolute Gasteiger partial charge is 0.406 e. The maximum absolute atomic E-state index is 12.9. The molecule has 34 heavy (non-hydrogen) atoms. The van der Waals surface area contributed by atoms with Gasteiger partial charge in [0, 0.05) is 32.1 Å². The van der Waals surface area contributed by atoms with Crippen molar-refractivity contribution in [3.05, 3.63) is 34.6 Å². The van der Waals surface area contributed by atoms with E-state index in [0.717, 1.165) is 19.3 Å². The fraction of sp³-hybridized carbons (Fsp3) is 0.500. The van der Waals surface area contributed by atoms with Crippen molar-refractivity contribution < 1.29 is 27.4 Å². The molecule has 0 bridgehead atoms. The van der Waals surface area contributed by atoms with Crippen LogP contribution >= 0.6 is 0 Å². The van der Waals surface area contributed by atoms with E-state index in [9.17, 15) is 18.0 Å². The first-order valence-corrected chi connectivity index (χ1v) is 11.1. The number of nitrogens with zero attached hydrogens (tertiary/aromatic N) is 5. The highest BCUT2D eigenvalue weighted by molar-refractivity contribution is 5.93. The van der Waals surface area contributed by atoms with Crippen molar-refractivity contribution in [2.75, 3.05) is 37.8 Å². The van der Waals surface area contributed by atoms with E-state index in [-0.39, 0.29) is 17.5 Å². The summed E-state index contributed by atoms with van der Waals surface area (Å²) in [6, 6.07) is 5.73. The van der Waals surface area contributed by atoms with Crippen molar-refractivity contribution in [2.45, 2.75) is 31.9 Å². The number of alkyl halides is 3. The van der Waals surface area contributed by atoms with Crippen LogP contribution in [0.5, 0.6) is 5.75 Å². The number of halogens is 3. The second kappa shape index (κ2) is 8.91. The third kappa shape index (κ3) is 4.47. The number of benzene rings is 1. The predicted molar refractivity (Wildman–Crippen MR) is 117 cm³/mol. The second-order valence-corrected chi connectivity index (χ2v) is 8.28. The molecule has 2 saturated heterocycles. The van der Waals surface area contributed by atoms with E-state index in [2.05, 4.69) is 9.84 Å². The van der Waals surface area contributed by atoms with Gasteiger partial charge in [-0.15, -0.1) is 13.2 Å². The van der Waals surface area contributed by atoms with Crippen molar-refractivity contribution in [3.63, 3.8) is 0 Å². The summed E-state index contributed by atoms with van der Waals surface area (Å²) in [5.41, 5.74) is 1.48. The van der Waals surface area contributed by atoms with Crippen LogP contribution in [0.3, 0.4) is 0 Å². The molecule has 182 valence electrons. The third-order valence-corrected chi connectivity index (χ3v) is 5.98. The average molecular weight is 479 g/mol. The fourth-order valence-corrected chi connectivity index (χ4v) is 4.38. The lowest BCUT2D eigenvalue weighted by atomic mass is 10.1. The number of ether oxygens (including phenoxy) is 3. The number of anilines is 1. The molecule has 1 unspecified atom stereocenters. The van der Waals surface area contributed by atoms with E-state index in [4.69, 9.17) is 14.6 Å². The molecule has 2 aromatic heterocycles. The van der Waals surface area contributed by atoms with Gasteiger partial charge >= 0.3 is 6.36 Å². The van der Waals surface area contributed by atoms with Crippen LogP contribution in [0, 0.1) is 0 Å². The average Bonchev–Trinajstić information content (AvgIpc) is 3.20. The van der Waals surface area contributed by atoms with Gasteiger partial charge in [-0.2, -0.15) is 10.2 Å². The minimum absolute atomic E-state index is 0.272. The Balaban J connectivity index is 1.66. The molecule has 4 heterocycles. The summed E-state index contributed by atoms with van der Waals surface area (Å²) >= 11 is 0. The molecule has 0 N–H and O–H groups in total. The standard InChI is InChI=1S/C22H24F3N5O4/c1-28-21(31)18(29-7-10-32-11-8-29)13-16(26-28)20-15-12-14(34-22(23,24)25)5-6-17(15)30(27-20)19-4-2-3-9-33-19/h5-6,12-13,19H,2-4,7-11H2,1H3. The Morgan fingerprint density at radius 1 is 1.09 bits per heavy atom. The Hall–Kier alpha value is -3.12. The van der Waals surface area contributed by atoms with Gasteiger partial charge in [-0.25, -0.2) is 9.36 Å². The van der Waals surface area contributed by atoms with Crippen LogP contribution < -0.4 is 15.2 Å². The van der Waals surface area contributed by atoms with Crippen molar-refractivity contribution >= 4 is 16.6 Å². The fourth-order valence-electron chi connectivity index (χ4n) is 4.38. The molecule has 3 aromatic rings. The van der Waals surface area contributed by atoms with Crippen LogP contribution in [0.15, 0.2) is 29.1 Å². The zero-order chi connectivity index (χ0) is 23.9. The minimum Gasteiger partial charge on any atom is -0.406 e. The van der Waals surface area contributed by atoms with Crippen molar-refractivity contribution in [1.29, 1.82) is 0 Å². The van der Waals surface area contributed by atoms with Crippen LogP contribution in [-0.2, 0) is 16.5 Å². The zero-order valence-corrected chi connectivity index (χ0v) is 18.5. The Morgan fingerprint density at radius 2 is 1.88 bits per heavy atom. The van der Waals surface area contributed by atoms with Crippen LogP contribution in [-0.4, -0.2) is 58.8 Å². The molecule has 12 heteroatoms. The Labute approximate surface area is 192 Å². The second-order valence-electron chi connectivity index (χ2n) is 8.28. The van der Waals surface area contributed by atoms with Crippen molar-refractivity contribution in [3.8, 4) is 17.1 Å². The quantitative estimate of drug-likeness (QED) is 0.568. The predicted octanol–water partition coefficient (Wildman–Crippen LogP) is 3.23. The molecule has 1 atom stereocenters. The molecule has 0 amide bonds. The van der Waals surface area contributed by atoms with Gasteiger partial charge in [0.15, 0.2) is 6.23 Å². The van der Waals surface area contributed by atoms with Crippen molar-refractivity contribution in [1.82, 2.24) is 19.6 Å². The Kier molecular flexibility index (Phi) is 5.94. The van der Waals surface area contributed by atoms with Crippen LogP contribution in [0.25, 0.3) is 22.3 Å². The molecule has 2 aliphatic rings. The first-order chi connectivity index (χ1) is 16.3. The van der Waals surface area contributed by atoms with Gasteiger partial charge in [0.2, 0.25) is 0 Å². The number of aromatic nitrogens is 4. The van der Waals surface area contributed by atoms with E-state index in [0.29, 0.717) is 60.9 Å². The summed E-state index contributed by atoms with van der Waals surface area (Å²) in [6.45, 7) is 2.67. The number of morpholine rings is 1. The molecule has 0 aliphatic carbocycles. The SMILES string of the molecule is Cn1nc(-c2nn(C3CCCCO3)c3ccc(OC(F)(F)F)cc23)cc(N2CCOCC2)c1=O. The van der Waals surface area contributed by atoms with Gasteiger partial charge in [0.05, 0.1) is 18.7 Å². The summed E-state index contributed by atoms with van der Waals surface area (Å²) in [6.07, 6.45) is -2.54. The monoisotopic (exact) mass is 479 g/mol. The molecule has 0 radical (unpaired) electrons. The lowest BCUT2D eigenvalue weighted by Gasteiger charge is -2.28. The van der Waals surface area contributed by atoms with Gasteiger partial charge < -0.3 is 19.1 Å². The van der Waals surface area contributed by atoms with E-state index >= 15 is 0 Å². The molecule has 0 spiro atoms. The molecule has 9 nitrogen and oxygen atoms in total. The van der Waals surface area contributed by atoms with Crippen LogP contribution in [0.1, 0.15) is 25.5 Å². The van der Waals surface area contributed by atoms with Gasteiger partial charge in [-0.1, -0.05) is 0 Å². The third-order valence-electron chi connectivity index (χ3n) is 5.98. The van der Waals surface area contributed by atoms with E-state index in [1.807, 2.05) is 4.90 Å². The summed E-state index contributed by atoms with van der Waals surface area (Å²) < 4.78 is 57.0. The maximum Gasteiger partial charge on any atom is 0.573 e. The molecule has 0 saturated carbocycles. The summed E-state index contributed by atoms with van der Waals surface area (Å²) in [5, 5.41) is 9.52. The summed E-state index contributed by atoms with van der Waals surface area (Å²) in [4.78, 5) is 14.7. The lowest BCUT2D eigenvalue weighted by molar-refractivity contribution is -0.274. The molecule has 5 rings (SSSR count). The Morgan fingerprint density at radius 3 is 2.59 bits per heavy atom. The number of hydrogen-bond donors (Lipinski definition) is 0. The topological polar surface area (TPSA) is 83.6 Å². The maximum atomic E-state index is 12.9. The number of fused-ring (bicyclic) bond motifs is 1. The number of rotatable bonds is 4. The first kappa shape index (κ1) is 22.7. The Bertz CT molecular complexity index is 1240. The summed E-state index contributed by atoms with van der Waals surface area (Å²) in [7, 11) is 1.54. The first-order valence-electron chi connectivity index (χ1n) is 11.1. The zero-order valence-electron chi connectivity index (χ0n) is 18.5. The highest BCUT2D eigenvalue weighted by Crippen LogP contribution is 2.35. The summed E-state index contributed by atoms with van der Waals surface area (Å²) in [5.74, 6) is -0.358. The van der Waals surface area contributed by atoms with Gasteiger partial charge in [0.25, 0.3) is 5.56 Å². The van der Waals surface area contributed by atoms with E-state index in [1.54, 1.807) is 10.7 Å². The number of aryl methyl sites for hydroxylation is 1. The number of hydrogen-bond acceptors (Lipinski definition) is 7. The van der Waals surface area contributed by atoms with Crippen LogP contribution in [0.4, 0.5) is 18.9 Å². The highest BCUT2D eigenvalue weighted by Gasteiger charge is 2.32. The molecule has 2 aliphatic heterocycles. The van der Waals surface area contributed by atoms with Gasteiger partial charge in [0.1, 0.15) is 22.8 Å². The minimum atomic E-state index is -4.82. The van der Waals surface area contributed by atoms with E-state index in [1.165, 1.54) is 29.9 Å².